The maximum atomic E-state index is 12.3. The highest BCUT2D eigenvalue weighted by molar-refractivity contribution is 5.33. The maximum Gasteiger partial charge on any atom is 0.387 e. The third-order valence-corrected chi connectivity index (χ3v) is 2.97. The molecule has 1 aromatic carbocycles. The predicted molar refractivity (Wildman–Crippen MR) is 72.6 cm³/mol. The lowest BCUT2D eigenvalue weighted by atomic mass is 10.1. The third kappa shape index (κ3) is 3.99. The Balaban J connectivity index is 2.00. The Hall–Kier alpha value is -2.01. The number of hydrogen-bond donors (Lipinski definition) is 1. The number of nitrogens with zero attached hydrogens (tertiary/aromatic N) is 1. The van der Waals surface area contributed by atoms with Crippen LogP contribution in [0.2, 0.25) is 0 Å². The van der Waals surface area contributed by atoms with Crippen molar-refractivity contribution in [2.75, 3.05) is 0 Å². The number of para-hydroxylation sites is 1. The Morgan fingerprint density at radius 1 is 1.20 bits per heavy atom. The first-order chi connectivity index (χ1) is 9.66. The van der Waals surface area contributed by atoms with E-state index in [2.05, 4.69) is 15.0 Å². The van der Waals surface area contributed by atoms with Gasteiger partial charge in [0.25, 0.3) is 0 Å². The number of ether oxygens (including phenoxy) is 1. The molecule has 2 rings (SSSR count). The predicted octanol–water partition coefficient (Wildman–Crippen LogP) is 3.53. The summed E-state index contributed by atoms with van der Waals surface area (Å²) in [4.78, 5) is 4.05. The fourth-order valence-corrected chi connectivity index (χ4v) is 1.87. The third-order valence-electron chi connectivity index (χ3n) is 2.97. The minimum absolute atomic E-state index is 0.0725. The fraction of sp³-hybridized carbons (Fsp3) is 0.267. The van der Waals surface area contributed by atoms with E-state index >= 15 is 0 Å². The average Bonchev–Trinajstić information content (AvgIpc) is 2.46. The summed E-state index contributed by atoms with van der Waals surface area (Å²) >= 11 is 0. The van der Waals surface area contributed by atoms with Crippen molar-refractivity contribution in [2.24, 2.45) is 0 Å². The van der Waals surface area contributed by atoms with E-state index in [1.165, 1.54) is 6.07 Å². The summed E-state index contributed by atoms with van der Waals surface area (Å²) in [5.41, 5.74) is 1.74. The van der Waals surface area contributed by atoms with Crippen LogP contribution in [0.1, 0.15) is 24.1 Å². The van der Waals surface area contributed by atoms with E-state index in [-0.39, 0.29) is 11.8 Å². The van der Waals surface area contributed by atoms with Crippen LogP contribution in [-0.4, -0.2) is 11.6 Å². The van der Waals surface area contributed by atoms with Gasteiger partial charge in [-0.2, -0.15) is 8.78 Å². The van der Waals surface area contributed by atoms with Crippen molar-refractivity contribution in [3.05, 3.63) is 59.9 Å². The van der Waals surface area contributed by atoms with Gasteiger partial charge in [0.1, 0.15) is 5.75 Å². The van der Waals surface area contributed by atoms with Crippen LogP contribution in [0.25, 0.3) is 0 Å². The Labute approximate surface area is 116 Å². The lowest BCUT2D eigenvalue weighted by Crippen LogP contribution is -2.19. The number of alkyl halides is 2. The molecule has 0 fully saturated rings. The Bertz CT molecular complexity index is 534. The monoisotopic (exact) mass is 278 g/mol. The summed E-state index contributed by atoms with van der Waals surface area (Å²) in [6, 6.07) is 10.7. The minimum Gasteiger partial charge on any atom is -0.434 e. The molecule has 106 valence electrons. The van der Waals surface area contributed by atoms with Gasteiger partial charge < -0.3 is 10.1 Å². The lowest BCUT2D eigenvalue weighted by molar-refractivity contribution is -0.0505. The molecule has 5 heteroatoms. The second-order valence-corrected chi connectivity index (χ2v) is 4.38. The van der Waals surface area contributed by atoms with Crippen LogP contribution in [0, 0.1) is 0 Å². The molecule has 1 aromatic heterocycles. The van der Waals surface area contributed by atoms with E-state index in [1.54, 1.807) is 30.6 Å². The summed E-state index contributed by atoms with van der Waals surface area (Å²) in [5.74, 6) is 0.202. The first-order valence-electron chi connectivity index (χ1n) is 6.33. The molecule has 0 saturated carbocycles. The molecule has 1 atom stereocenters. The lowest BCUT2D eigenvalue weighted by Gasteiger charge is -2.16. The average molecular weight is 278 g/mol. The molecule has 0 bridgehead atoms. The quantitative estimate of drug-likeness (QED) is 0.877. The van der Waals surface area contributed by atoms with E-state index < -0.39 is 6.61 Å². The molecule has 0 radical (unpaired) electrons. The molecule has 1 N–H and O–H groups in total. The fourth-order valence-electron chi connectivity index (χ4n) is 1.87. The van der Waals surface area contributed by atoms with E-state index in [0.29, 0.717) is 12.1 Å². The highest BCUT2D eigenvalue weighted by Crippen LogP contribution is 2.21. The topological polar surface area (TPSA) is 34.1 Å². The first kappa shape index (κ1) is 14.4. The van der Waals surface area contributed by atoms with Gasteiger partial charge in [0.05, 0.1) is 0 Å². The molecule has 0 aliphatic rings. The second kappa shape index (κ2) is 6.96. The minimum atomic E-state index is -2.81. The van der Waals surface area contributed by atoms with Crippen LogP contribution in [0.3, 0.4) is 0 Å². The van der Waals surface area contributed by atoms with Crippen molar-refractivity contribution in [2.45, 2.75) is 26.1 Å². The number of nitrogens with one attached hydrogen (secondary N) is 1. The van der Waals surface area contributed by atoms with Crippen LogP contribution in [0.15, 0.2) is 48.8 Å². The van der Waals surface area contributed by atoms with Crippen molar-refractivity contribution < 1.29 is 13.5 Å². The number of hydrogen-bond acceptors (Lipinski definition) is 3. The zero-order valence-electron chi connectivity index (χ0n) is 11.1. The van der Waals surface area contributed by atoms with Crippen LogP contribution >= 0.6 is 0 Å². The maximum absolute atomic E-state index is 12.3. The highest BCUT2D eigenvalue weighted by atomic mass is 19.3. The SMILES string of the molecule is C[C@@H](NCc1ccccc1OC(F)F)c1cccnc1. The van der Waals surface area contributed by atoms with Gasteiger partial charge in [0.2, 0.25) is 0 Å². The van der Waals surface area contributed by atoms with Gasteiger partial charge in [-0.1, -0.05) is 24.3 Å². The van der Waals surface area contributed by atoms with Gasteiger partial charge >= 0.3 is 6.61 Å². The summed E-state index contributed by atoms with van der Waals surface area (Å²) in [7, 11) is 0. The molecule has 3 nitrogen and oxygen atoms in total. The standard InChI is InChI=1S/C15H16F2N2O/c1-11(12-6-4-8-18-9-12)19-10-13-5-2-3-7-14(13)20-15(16)17/h2-9,11,15,19H,10H2,1H3/t11-/m1/s1. The zero-order chi connectivity index (χ0) is 14.4. The summed E-state index contributed by atoms with van der Waals surface area (Å²) in [5, 5.41) is 3.26. The molecule has 0 aliphatic carbocycles. The summed E-state index contributed by atoms with van der Waals surface area (Å²) in [6.45, 7) is -0.376. The van der Waals surface area contributed by atoms with Crippen molar-refractivity contribution in [3.8, 4) is 5.75 Å². The Morgan fingerprint density at radius 3 is 2.70 bits per heavy atom. The van der Waals surface area contributed by atoms with E-state index in [1.807, 2.05) is 19.1 Å². The molecular formula is C15H16F2N2O. The van der Waals surface area contributed by atoms with Gasteiger partial charge in [-0.15, -0.1) is 0 Å². The Kier molecular flexibility index (Phi) is 5.01. The van der Waals surface area contributed by atoms with E-state index in [4.69, 9.17) is 0 Å². The van der Waals surface area contributed by atoms with E-state index in [9.17, 15) is 8.78 Å². The van der Waals surface area contributed by atoms with Gasteiger partial charge in [-0.05, 0) is 24.6 Å². The highest BCUT2D eigenvalue weighted by Gasteiger charge is 2.10. The summed E-state index contributed by atoms with van der Waals surface area (Å²) < 4.78 is 29.1. The van der Waals surface area contributed by atoms with Gasteiger partial charge in [0.15, 0.2) is 0 Å². The number of pyridine rings is 1. The molecule has 0 amide bonds. The molecule has 0 spiro atoms. The largest absolute Gasteiger partial charge is 0.434 e. The molecule has 0 saturated heterocycles. The van der Waals surface area contributed by atoms with Gasteiger partial charge in [-0.3, -0.25) is 4.98 Å². The molecule has 0 aliphatic heterocycles. The molecule has 0 unspecified atom stereocenters. The van der Waals surface area contributed by atoms with Crippen LogP contribution < -0.4 is 10.1 Å². The van der Waals surface area contributed by atoms with E-state index in [0.717, 1.165) is 5.56 Å². The number of benzene rings is 1. The van der Waals surface area contributed by atoms with Crippen molar-refractivity contribution >= 4 is 0 Å². The van der Waals surface area contributed by atoms with Crippen molar-refractivity contribution in [1.29, 1.82) is 0 Å². The van der Waals surface area contributed by atoms with Gasteiger partial charge in [-0.25, -0.2) is 0 Å². The zero-order valence-corrected chi connectivity index (χ0v) is 11.1. The number of aromatic nitrogens is 1. The first-order valence-corrected chi connectivity index (χ1v) is 6.33. The number of rotatable bonds is 6. The smallest absolute Gasteiger partial charge is 0.387 e. The van der Waals surface area contributed by atoms with Crippen LogP contribution in [-0.2, 0) is 6.54 Å². The molecule has 20 heavy (non-hydrogen) atoms. The van der Waals surface area contributed by atoms with Gasteiger partial charge in [0, 0.05) is 30.5 Å². The van der Waals surface area contributed by atoms with Crippen LogP contribution in [0.5, 0.6) is 5.75 Å². The summed E-state index contributed by atoms with van der Waals surface area (Å²) in [6.07, 6.45) is 3.49. The normalized spacial score (nSPS) is 12.4. The molecule has 1 heterocycles. The molecular weight excluding hydrogens is 262 g/mol. The Morgan fingerprint density at radius 2 is 2.00 bits per heavy atom. The second-order valence-electron chi connectivity index (χ2n) is 4.38. The van der Waals surface area contributed by atoms with Crippen molar-refractivity contribution in [3.63, 3.8) is 0 Å². The number of halogens is 2. The van der Waals surface area contributed by atoms with Crippen LogP contribution in [0.4, 0.5) is 8.78 Å². The van der Waals surface area contributed by atoms with Crippen molar-refractivity contribution in [1.82, 2.24) is 10.3 Å². The molecule has 2 aromatic rings.